The molecular weight excluding hydrogens is 394 g/mol. The molecular formula is C20H13N3O7. The van der Waals surface area contributed by atoms with Crippen molar-refractivity contribution in [1.82, 2.24) is 10.2 Å². The molecule has 3 heterocycles. The molecule has 0 saturated carbocycles. The van der Waals surface area contributed by atoms with Gasteiger partial charge in [0.2, 0.25) is 0 Å². The molecule has 1 saturated heterocycles. The fourth-order valence-electron chi connectivity index (χ4n) is 2.90. The maximum absolute atomic E-state index is 12.7. The number of imide groups is 2. The van der Waals surface area contributed by atoms with Gasteiger partial charge in [-0.2, -0.15) is 0 Å². The lowest BCUT2D eigenvalue weighted by Gasteiger charge is -2.25. The Balaban J connectivity index is 1.61. The van der Waals surface area contributed by atoms with E-state index in [1.165, 1.54) is 36.6 Å². The fourth-order valence-corrected chi connectivity index (χ4v) is 2.90. The topological polar surface area (TPSA) is 136 Å². The van der Waals surface area contributed by atoms with Gasteiger partial charge in [-0.05, 0) is 30.3 Å². The quantitative estimate of drug-likeness (QED) is 0.297. The predicted octanol–water partition coefficient (Wildman–Crippen LogP) is 3.11. The maximum atomic E-state index is 12.7. The van der Waals surface area contributed by atoms with Crippen LogP contribution in [0, 0.1) is 10.1 Å². The van der Waals surface area contributed by atoms with Crippen LogP contribution in [0.1, 0.15) is 11.5 Å². The molecule has 150 valence electrons. The summed E-state index contributed by atoms with van der Waals surface area (Å²) in [7, 11) is 0. The van der Waals surface area contributed by atoms with Crippen LogP contribution < -0.4 is 5.32 Å². The first-order valence-electron chi connectivity index (χ1n) is 8.68. The van der Waals surface area contributed by atoms with Gasteiger partial charge in [-0.15, -0.1) is 0 Å². The molecule has 3 aromatic rings. The van der Waals surface area contributed by atoms with Crippen molar-refractivity contribution < 1.29 is 28.1 Å². The van der Waals surface area contributed by atoms with Gasteiger partial charge in [0.05, 0.1) is 17.7 Å². The van der Waals surface area contributed by atoms with Crippen LogP contribution in [0.5, 0.6) is 0 Å². The second-order valence-electron chi connectivity index (χ2n) is 6.30. The number of benzene rings is 1. The number of hydrogen-bond acceptors (Lipinski definition) is 7. The first-order chi connectivity index (χ1) is 14.4. The minimum atomic E-state index is -0.853. The number of nitro benzene ring substituents is 1. The van der Waals surface area contributed by atoms with Gasteiger partial charge in [0.25, 0.3) is 17.5 Å². The Bertz CT molecular complexity index is 1190. The SMILES string of the molecule is O=C1NC(=O)N(Cc2ccco2)C(=O)C1=Cc1ccc(-c2cccc([N+](=O)[O-])c2)o1. The molecule has 30 heavy (non-hydrogen) atoms. The van der Waals surface area contributed by atoms with Gasteiger partial charge in [0.15, 0.2) is 0 Å². The van der Waals surface area contributed by atoms with Gasteiger partial charge in [-0.3, -0.25) is 29.9 Å². The molecule has 0 spiro atoms. The molecule has 0 radical (unpaired) electrons. The van der Waals surface area contributed by atoms with E-state index in [0.29, 0.717) is 17.1 Å². The van der Waals surface area contributed by atoms with E-state index in [1.54, 1.807) is 24.3 Å². The fraction of sp³-hybridized carbons (Fsp3) is 0.0500. The molecule has 4 rings (SSSR count). The van der Waals surface area contributed by atoms with Crippen LogP contribution in [0.3, 0.4) is 0 Å². The van der Waals surface area contributed by atoms with E-state index in [2.05, 4.69) is 5.32 Å². The van der Waals surface area contributed by atoms with Gasteiger partial charge in [0.1, 0.15) is 22.9 Å². The van der Waals surface area contributed by atoms with E-state index in [0.717, 1.165) is 4.90 Å². The molecule has 1 aliphatic rings. The Hall–Kier alpha value is -4.47. The first-order valence-corrected chi connectivity index (χ1v) is 8.68. The molecule has 0 aliphatic carbocycles. The molecule has 10 heteroatoms. The average molecular weight is 407 g/mol. The van der Waals surface area contributed by atoms with Crippen LogP contribution in [0.25, 0.3) is 17.4 Å². The van der Waals surface area contributed by atoms with Crippen LogP contribution in [-0.2, 0) is 16.1 Å². The zero-order chi connectivity index (χ0) is 21.3. The lowest BCUT2D eigenvalue weighted by Crippen LogP contribution is -2.53. The molecule has 1 aromatic carbocycles. The lowest BCUT2D eigenvalue weighted by molar-refractivity contribution is -0.384. The highest BCUT2D eigenvalue weighted by Crippen LogP contribution is 2.27. The zero-order valence-corrected chi connectivity index (χ0v) is 15.2. The Morgan fingerprint density at radius 3 is 2.67 bits per heavy atom. The molecule has 0 bridgehead atoms. The molecule has 0 atom stereocenters. The Kier molecular flexibility index (Phi) is 4.72. The van der Waals surface area contributed by atoms with Crippen molar-refractivity contribution >= 4 is 29.6 Å². The molecule has 10 nitrogen and oxygen atoms in total. The van der Waals surface area contributed by atoms with Gasteiger partial charge >= 0.3 is 6.03 Å². The van der Waals surface area contributed by atoms with Gasteiger partial charge in [-0.25, -0.2) is 4.79 Å². The third-order valence-electron chi connectivity index (χ3n) is 4.33. The van der Waals surface area contributed by atoms with Crippen molar-refractivity contribution in [2.45, 2.75) is 6.54 Å². The predicted molar refractivity (Wildman–Crippen MR) is 102 cm³/mol. The van der Waals surface area contributed by atoms with E-state index >= 15 is 0 Å². The Morgan fingerprint density at radius 2 is 1.93 bits per heavy atom. The summed E-state index contributed by atoms with van der Waals surface area (Å²) in [6, 6.07) is 11.3. The summed E-state index contributed by atoms with van der Waals surface area (Å²) in [5.41, 5.74) is 0.0710. The van der Waals surface area contributed by atoms with Crippen LogP contribution >= 0.6 is 0 Å². The second kappa shape index (κ2) is 7.51. The number of rotatable bonds is 5. The summed E-state index contributed by atoms with van der Waals surface area (Å²) >= 11 is 0. The second-order valence-corrected chi connectivity index (χ2v) is 6.30. The molecule has 1 aliphatic heterocycles. The molecule has 0 unspecified atom stereocenters. The number of hydrogen-bond donors (Lipinski definition) is 1. The van der Waals surface area contributed by atoms with Gasteiger partial charge < -0.3 is 8.83 Å². The summed E-state index contributed by atoms with van der Waals surface area (Å²) in [6.07, 6.45) is 2.61. The van der Waals surface area contributed by atoms with Crippen LogP contribution in [-0.4, -0.2) is 27.7 Å². The van der Waals surface area contributed by atoms with Crippen molar-refractivity contribution in [2.24, 2.45) is 0 Å². The number of barbiturate groups is 1. The van der Waals surface area contributed by atoms with Crippen molar-refractivity contribution in [3.8, 4) is 11.3 Å². The maximum Gasteiger partial charge on any atom is 0.331 e. The number of urea groups is 1. The Morgan fingerprint density at radius 1 is 1.10 bits per heavy atom. The molecule has 1 fully saturated rings. The molecule has 1 N–H and O–H groups in total. The summed E-state index contributed by atoms with van der Waals surface area (Å²) < 4.78 is 10.8. The number of carbonyl (C=O) groups is 3. The van der Waals surface area contributed by atoms with Crippen molar-refractivity contribution in [2.75, 3.05) is 0 Å². The van der Waals surface area contributed by atoms with E-state index in [-0.39, 0.29) is 23.6 Å². The number of nitro groups is 1. The number of nitrogens with one attached hydrogen (secondary N) is 1. The van der Waals surface area contributed by atoms with Crippen LogP contribution in [0.4, 0.5) is 10.5 Å². The highest BCUT2D eigenvalue weighted by Gasteiger charge is 2.36. The van der Waals surface area contributed by atoms with E-state index in [4.69, 9.17) is 8.83 Å². The zero-order valence-electron chi connectivity index (χ0n) is 15.2. The standard InChI is InChI=1S/C20H13N3O7/c24-18-16(19(25)22(20(26)21-18)11-15-5-2-8-29-15)10-14-6-7-17(30-14)12-3-1-4-13(9-12)23(27)28/h1-10H,11H2,(H,21,24,26). The summed E-state index contributed by atoms with van der Waals surface area (Å²) in [4.78, 5) is 48.2. The molecule has 4 amide bonds. The van der Waals surface area contributed by atoms with Crippen LogP contribution in [0.15, 0.2) is 69.2 Å². The summed E-state index contributed by atoms with van der Waals surface area (Å²) in [6.45, 7) is -0.140. The minimum Gasteiger partial charge on any atom is -0.467 e. The number of carbonyl (C=O) groups excluding carboxylic acids is 3. The van der Waals surface area contributed by atoms with Crippen molar-refractivity contribution in [3.63, 3.8) is 0 Å². The summed E-state index contributed by atoms with van der Waals surface area (Å²) in [5.74, 6) is -0.791. The number of amides is 4. The number of non-ortho nitro benzene ring substituents is 1. The van der Waals surface area contributed by atoms with E-state index in [1.807, 2.05) is 0 Å². The van der Waals surface area contributed by atoms with E-state index < -0.39 is 22.8 Å². The minimum absolute atomic E-state index is 0.0993. The van der Waals surface area contributed by atoms with E-state index in [9.17, 15) is 24.5 Å². The number of furan rings is 2. The van der Waals surface area contributed by atoms with Crippen LogP contribution in [0.2, 0.25) is 0 Å². The van der Waals surface area contributed by atoms with Crippen molar-refractivity contribution in [1.29, 1.82) is 0 Å². The largest absolute Gasteiger partial charge is 0.467 e. The lowest BCUT2D eigenvalue weighted by atomic mass is 10.1. The third kappa shape index (κ3) is 3.61. The number of nitrogens with zero attached hydrogens (tertiary/aromatic N) is 2. The third-order valence-corrected chi connectivity index (χ3v) is 4.33. The van der Waals surface area contributed by atoms with Gasteiger partial charge in [-0.1, -0.05) is 12.1 Å². The first kappa shape index (κ1) is 18.9. The normalized spacial score (nSPS) is 15.5. The average Bonchev–Trinajstić information content (AvgIpc) is 3.40. The highest BCUT2D eigenvalue weighted by molar-refractivity contribution is 6.30. The highest BCUT2D eigenvalue weighted by atomic mass is 16.6. The van der Waals surface area contributed by atoms with Crippen molar-refractivity contribution in [3.05, 3.63) is 82.0 Å². The van der Waals surface area contributed by atoms with Gasteiger partial charge in [0, 0.05) is 17.7 Å². The molecule has 2 aromatic heterocycles. The monoisotopic (exact) mass is 407 g/mol. The Labute approximate surface area is 168 Å². The smallest absolute Gasteiger partial charge is 0.331 e. The summed E-state index contributed by atoms with van der Waals surface area (Å²) in [5, 5.41) is 13.0.